The van der Waals surface area contributed by atoms with Crippen molar-refractivity contribution in [3.63, 3.8) is 0 Å². The molecule has 2 atom stereocenters. The van der Waals surface area contributed by atoms with E-state index in [0.29, 0.717) is 23.9 Å². The summed E-state index contributed by atoms with van der Waals surface area (Å²) in [6.45, 7) is 4.54. The van der Waals surface area contributed by atoms with Gasteiger partial charge in [0.1, 0.15) is 0 Å². The van der Waals surface area contributed by atoms with Crippen molar-refractivity contribution >= 4 is 11.7 Å². The van der Waals surface area contributed by atoms with Crippen molar-refractivity contribution in [2.24, 2.45) is 5.92 Å². The average Bonchev–Trinajstić information content (AvgIpc) is 3.32. The molecule has 0 aromatic carbocycles. The van der Waals surface area contributed by atoms with E-state index in [0.717, 1.165) is 45.0 Å². The summed E-state index contributed by atoms with van der Waals surface area (Å²) in [5.41, 5.74) is 1.21. The molecule has 25 heavy (non-hydrogen) atoms. The summed E-state index contributed by atoms with van der Waals surface area (Å²) in [5.74, 6) is 2.11. The Morgan fingerprint density at radius 2 is 1.88 bits per heavy atom. The maximum absolute atomic E-state index is 12.7. The van der Waals surface area contributed by atoms with Crippen LogP contribution in [0.5, 0.6) is 0 Å². The van der Waals surface area contributed by atoms with Gasteiger partial charge in [0.15, 0.2) is 5.82 Å². The molecule has 0 radical (unpaired) electrons. The quantitative estimate of drug-likeness (QED) is 0.908. The lowest BCUT2D eigenvalue weighted by Gasteiger charge is -2.35. The number of amides is 1. The summed E-state index contributed by atoms with van der Waals surface area (Å²) in [4.78, 5) is 17.3. The second-order valence-electron chi connectivity index (χ2n) is 8.34. The third kappa shape index (κ3) is 2.84. The number of carbonyl (C=O) groups excluding carboxylic acids is 1. The first-order chi connectivity index (χ1) is 12.3. The molecule has 1 aromatic heterocycles. The minimum atomic E-state index is 0.350. The van der Waals surface area contributed by atoms with E-state index >= 15 is 0 Å². The lowest BCUT2D eigenvalue weighted by molar-refractivity contribution is -0.133. The molecule has 1 saturated carbocycles. The first-order valence-electron chi connectivity index (χ1n) is 10.1. The molecule has 1 aromatic rings. The van der Waals surface area contributed by atoms with E-state index < -0.39 is 0 Å². The van der Waals surface area contributed by atoms with Gasteiger partial charge in [0.2, 0.25) is 5.91 Å². The minimum Gasteiger partial charge on any atom is -0.347 e. The van der Waals surface area contributed by atoms with Gasteiger partial charge in [-0.05, 0) is 31.6 Å². The lowest BCUT2D eigenvalue weighted by atomic mass is 10.0. The van der Waals surface area contributed by atoms with Gasteiger partial charge in [-0.3, -0.25) is 9.48 Å². The van der Waals surface area contributed by atoms with Crippen LogP contribution in [0, 0.1) is 5.92 Å². The molecule has 1 amide bonds. The highest BCUT2D eigenvalue weighted by molar-refractivity contribution is 5.76. The van der Waals surface area contributed by atoms with Crippen LogP contribution in [-0.2, 0) is 17.9 Å². The van der Waals surface area contributed by atoms with Crippen molar-refractivity contribution in [1.29, 1.82) is 0 Å². The van der Waals surface area contributed by atoms with E-state index in [1.807, 2.05) is 0 Å². The van der Waals surface area contributed by atoms with Crippen LogP contribution in [0.1, 0.15) is 50.6 Å². The molecular formula is C19H29N5O. The zero-order valence-corrected chi connectivity index (χ0v) is 15.0. The van der Waals surface area contributed by atoms with Crippen molar-refractivity contribution in [3.8, 4) is 0 Å². The number of anilines is 1. The van der Waals surface area contributed by atoms with Crippen LogP contribution in [0.4, 0.5) is 5.82 Å². The summed E-state index contributed by atoms with van der Waals surface area (Å²) >= 11 is 0. The molecule has 4 heterocycles. The number of carbonyl (C=O) groups is 1. The maximum Gasteiger partial charge on any atom is 0.223 e. The van der Waals surface area contributed by atoms with E-state index in [9.17, 15) is 4.79 Å². The van der Waals surface area contributed by atoms with Crippen LogP contribution in [0.25, 0.3) is 0 Å². The van der Waals surface area contributed by atoms with Gasteiger partial charge in [0.05, 0.1) is 18.8 Å². The predicted molar refractivity (Wildman–Crippen MR) is 96.4 cm³/mol. The number of hydrogen-bond acceptors (Lipinski definition) is 4. The molecular weight excluding hydrogens is 314 g/mol. The lowest BCUT2D eigenvalue weighted by Crippen LogP contribution is -2.52. The third-order valence-corrected chi connectivity index (χ3v) is 6.72. The number of nitrogens with one attached hydrogen (secondary N) is 1. The highest BCUT2D eigenvalue weighted by Crippen LogP contribution is 2.33. The van der Waals surface area contributed by atoms with Crippen molar-refractivity contribution in [1.82, 2.24) is 20.0 Å². The van der Waals surface area contributed by atoms with Crippen LogP contribution in [0.2, 0.25) is 0 Å². The Morgan fingerprint density at radius 3 is 2.64 bits per heavy atom. The standard InChI is InChI=1S/C19H29N5O/c25-19(9-14-3-1-2-4-14)22-7-8-23-17(13-22)10-18(21-23)24-15-5-6-16(24)12-20-11-15/h10,14-16,20H,1-9,11-13H2. The third-order valence-electron chi connectivity index (χ3n) is 6.72. The van der Waals surface area contributed by atoms with Crippen LogP contribution in [0.3, 0.4) is 0 Å². The Morgan fingerprint density at radius 1 is 1.12 bits per heavy atom. The number of rotatable bonds is 3. The topological polar surface area (TPSA) is 53.4 Å². The summed E-state index contributed by atoms with van der Waals surface area (Å²) < 4.78 is 2.14. The molecule has 2 saturated heterocycles. The fraction of sp³-hybridized carbons (Fsp3) is 0.789. The Hall–Kier alpha value is -1.56. The van der Waals surface area contributed by atoms with Gasteiger partial charge >= 0.3 is 0 Å². The number of hydrogen-bond donors (Lipinski definition) is 1. The summed E-state index contributed by atoms with van der Waals surface area (Å²) in [6.07, 6.45) is 8.39. The Kier molecular flexibility index (Phi) is 3.95. The van der Waals surface area contributed by atoms with Crippen molar-refractivity contribution in [2.75, 3.05) is 24.5 Å². The number of fused-ring (bicyclic) bond motifs is 3. The van der Waals surface area contributed by atoms with Crippen molar-refractivity contribution in [3.05, 3.63) is 11.8 Å². The fourth-order valence-electron chi connectivity index (χ4n) is 5.33. The largest absolute Gasteiger partial charge is 0.347 e. The highest BCUT2D eigenvalue weighted by atomic mass is 16.2. The number of piperazine rings is 1. The van der Waals surface area contributed by atoms with E-state index in [1.54, 1.807) is 0 Å². The second-order valence-corrected chi connectivity index (χ2v) is 8.34. The smallest absolute Gasteiger partial charge is 0.223 e. The normalized spacial score (nSPS) is 29.3. The van der Waals surface area contributed by atoms with E-state index in [2.05, 4.69) is 25.9 Å². The molecule has 4 aliphatic rings. The molecule has 136 valence electrons. The van der Waals surface area contributed by atoms with Crippen LogP contribution in [0.15, 0.2) is 6.07 Å². The summed E-state index contributed by atoms with van der Waals surface area (Å²) in [6, 6.07) is 3.43. The number of aromatic nitrogens is 2. The molecule has 2 bridgehead atoms. The van der Waals surface area contributed by atoms with Gasteiger partial charge in [0.25, 0.3) is 0 Å². The molecule has 6 heteroatoms. The predicted octanol–water partition coefficient (Wildman–Crippen LogP) is 1.75. The van der Waals surface area contributed by atoms with Gasteiger partial charge in [-0.1, -0.05) is 12.8 Å². The van der Waals surface area contributed by atoms with Gasteiger partial charge in [-0.15, -0.1) is 0 Å². The maximum atomic E-state index is 12.7. The van der Waals surface area contributed by atoms with E-state index in [4.69, 9.17) is 5.10 Å². The molecule has 6 nitrogen and oxygen atoms in total. The molecule has 2 unspecified atom stereocenters. The van der Waals surface area contributed by atoms with Crippen LogP contribution in [-0.4, -0.2) is 52.3 Å². The minimum absolute atomic E-state index is 0.350. The van der Waals surface area contributed by atoms with E-state index in [1.165, 1.54) is 44.2 Å². The zero-order valence-electron chi connectivity index (χ0n) is 15.0. The molecule has 3 fully saturated rings. The Balaban J connectivity index is 1.28. The molecule has 1 aliphatic carbocycles. The van der Waals surface area contributed by atoms with Crippen LogP contribution < -0.4 is 10.2 Å². The first-order valence-corrected chi connectivity index (χ1v) is 10.1. The Labute approximate surface area is 149 Å². The summed E-state index contributed by atoms with van der Waals surface area (Å²) in [7, 11) is 0. The first kappa shape index (κ1) is 15.7. The summed E-state index contributed by atoms with van der Waals surface area (Å²) in [5, 5.41) is 8.42. The zero-order chi connectivity index (χ0) is 16.8. The molecule has 3 aliphatic heterocycles. The average molecular weight is 343 g/mol. The monoisotopic (exact) mass is 343 g/mol. The SMILES string of the molecule is O=C(CC1CCCC1)N1CCn2nc(N3C4CCC3CNC4)cc2C1. The second kappa shape index (κ2) is 6.31. The van der Waals surface area contributed by atoms with Gasteiger partial charge in [-0.2, -0.15) is 5.10 Å². The van der Waals surface area contributed by atoms with Crippen molar-refractivity contribution in [2.45, 2.75) is 70.1 Å². The van der Waals surface area contributed by atoms with Gasteiger partial charge in [-0.25, -0.2) is 0 Å². The molecule has 0 spiro atoms. The van der Waals surface area contributed by atoms with Gasteiger partial charge < -0.3 is 15.1 Å². The fourth-order valence-corrected chi connectivity index (χ4v) is 5.33. The van der Waals surface area contributed by atoms with Gasteiger partial charge in [0, 0.05) is 44.2 Å². The highest BCUT2D eigenvalue weighted by Gasteiger charge is 2.38. The molecule has 1 N–H and O–H groups in total. The Bertz CT molecular complexity index is 634. The van der Waals surface area contributed by atoms with Crippen LogP contribution >= 0.6 is 0 Å². The van der Waals surface area contributed by atoms with Crippen molar-refractivity contribution < 1.29 is 4.79 Å². The molecule has 5 rings (SSSR count). The number of nitrogens with zero attached hydrogens (tertiary/aromatic N) is 4. The van der Waals surface area contributed by atoms with E-state index in [-0.39, 0.29) is 0 Å².